The first-order chi connectivity index (χ1) is 7.41. The van der Waals surface area contributed by atoms with Crippen LogP contribution >= 0.6 is 11.6 Å². The van der Waals surface area contributed by atoms with Crippen LogP contribution in [-0.2, 0) is 0 Å². The highest BCUT2D eigenvalue weighted by Gasteiger charge is 2.15. The zero-order chi connectivity index (χ0) is 12.3. The number of benzene rings is 1. The molecule has 2 unspecified atom stereocenters. The fraction of sp³-hybridized carbons (Fsp3) is 0.571. The lowest BCUT2D eigenvalue weighted by Gasteiger charge is -2.24. The number of rotatable bonds is 4. The van der Waals surface area contributed by atoms with E-state index in [4.69, 9.17) is 11.6 Å². The van der Waals surface area contributed by atoms with Crippen LogP contribution in [0.1, 0.15) is 44.7 Å². The van der Waals surface area contributed by atoms with Gasteiger partial charge in [0, 0.05) is 17.1 Å². The number of halogens is 1. The summed E-state index contributed by atoms with van der Waals surface area (Å²) in [5.74, 6) is 0.473. The Bertz CT molecular complexity index is 347. The van der Waals surface area contributed by atoms with Gasteiger partial charge in [0.2, 0.25) is 0 Å². The molecule has 1 aromatic carbocycles. The highest BCUT2D eigenvalue weighted by atomic mass is 35.5. The van der Waals surface area contributed by atoms with Gasteiger partial charge in [-0.15, -0.1) is 0 Å². The molecule has 1 rings (SSSR count). The summed E-state index contributed by atoms with van der Waals surface area (Å²) in [7, 11) is 0. The van der Waals surface area contributed by atoms with Crippen molar-refractivity contribution in [1.82, 2.24) is 5.32 Å². The van der Waals surface area contributed by atoms with E-state index in [-0.39, 0.29) is 0 Å². The van der Waals surface area contributed by atoms with Gasteiger partial charge >= 0.3 is 0 Å². The predicted octanol–water partition coefficient (Wildman–Crippen LogP) is 4.14. The van der Waals surface area contributed by atoms with E-state index in [0.717, 1.165) is 10.6 Å². The SMILES string of the molecule is Cc1ccc(C(C)C(C)NC(C)C)cc1Cl. The van der Waals surface area contributed by atoms with E-state index in [1.807, 2.05) is 6.92 Å². The van der Waals surface area contributed by atoms with Gasteiger partial charge in [0.15, 0.2) is 0 Å². The third-order valence-electron chi connectivity index (χ3n) is 3.07. The molecule has 90 valence electrons. The molecule has 1 N–H and O–H groups in total. The summed E-state index contributed by atoms with van der Waals surface area (Å²) in [6.45, 7) is 10.8. The molecule has 16 heavy (non-hydrogen) atoms. The molecule has 2 atom stereocenters. The minimum atomic E-state index is 0.457. The highest BCUT2D eigenvalue weighted by Crippen LogP contribution is 2.24. The second-order valence-electron chi connectivity index (χ2n) is 4.91. The average molecular weight is 240 g/mol. The predicted molar refractivity (Wildman–Crippen MR) is 72.3 cm³/mol. The molecule has 0 saturated carbocycles. The summed E-state index contributed by atoms with van der Waals surface area (Å²) in [6, 6.07) is 7.32. The van der Waals surface area contributed by atoms with E-state index in [0.29, 0.717) is 18.0 Å². The van der Waals surface area contributed by atoms with Crippen molar-refractivity contribution >= 4 is 11.6 Å². The zero-order valence-corrected chi connectivity index (χ0v) is 11.6. The Hall–Kier alpha value is -0.530. The van der Waals surface area contributed by atoms with Crippen LogP contribution in [0.15, 0.2) is 18.2 Å². The van der Waals surface area contributed by atoms with E-state index in [1.54, 1.807) is 0 Å². The Labute approximate surface area is 104 Å². The number of hydrogen-bond acceptors (Lipinski definition) is 1. The summed E-state index contributed by atoms with van der Waals surface area (Å²) in [4.78, 5) is 0. The Morgan fingerprint density at radius 1 is 1.12 bits per heavy atom. The molecular formula is C14H22ClN. The van der Waals surface area contributed by atoms with Crippen molar-refractivity contribution in [3.63, 3.8) is 0 Å². The van der Waals surface area contributed by atoms with E-state index >= 15 is 0 Å². The van der Waals surface area contributed by atoms with Crippen molar-refractivity contribution in [3.05, 3.63) is 34.3 Å². The highest BCUT2D eigenvalue weighted by molar-refractivity contribution is 6.31. The summed E-state index contributed by atoms with van der Waals surface area (Å²) in [6.07, 6.45) is 0. The molecule has 0 bridgehead atoms. The molecule has 0 amide bonds. The van der Waals surface area contributed by atoms with Gasteiger partial charge in [-0.2, -0.15) is 0 Å². The first-order valence-electron chi connectivity index (χ1n) is 5.94. The van der Waals surface area contributed by atoms with Crippen LogP contribution in [0.2, 0.25) is 5.02 Å². The minimum Gasteiger partial charge on any atom is -0.311 e. The maximum absolute atomic E-state index is 6.15. The van der Waals surface area contributed by atoms with Gasteiger partial charge in [-0.05, 0) is 37.0 Å². The molecular weight excluding hydrogens is 218 g/mol. The van der Waals surface area contributed by atoms with Crippen LogP contribution in [-0.4, -0.2) is 12.1 Å². The fourth-order valence-electron chi connectivity index (χ4n) is 1.85. The van der Waals surface area contributed by atoms with Crippen LogP contribution < -0.4 is 5.32 Å². The third kappa shape index (κ3) is 3.50. The zero-order valence-electron chi connectivity index (χ0n) is 10.8. The van der Waals surface area contributed by atoms with Crippen LogP contribution in [0, 0.1) is 6.92 Å². The van der Waals surface area contributed by atoms with Gasteiger partial charge in [0.05, 0.1) is 0 Å². The van der Waals surface area contributed by atoms with Crippen LogP contribution in [0.4, 0.5) is 0 Å². The third-order valence-corrected chi connectivity index (χ3v) is 3.48. The molecule has 2 heteroatoms. The van der Waals surface area contributed by atoms with Crippen molar-refractivity contribution in [3.8, 4) is 0 Å². The van der Waals surface area contributed by atoms with E-state index in [2.05, 4.69) is 51.2 Å². The Balaban J connectivity index is 2.79. The lowest BCUT2D eigenvalue weighted by Crippen LogP contribution is -2.36. The Morgan fingerprint density at radius 3 is 2.25 bits per heavy atom. The van der Waals surface area contributed by atoms with E-state index in [1.165, 1.54) is 5.56 Å². The fourth-order valence-corrected chi connectivity index (χ4v) is 2.04. The van der Waals surface area contributed by atoms with E-state index < -0.39 is 0 Å². The first-order valence-corrected chi connectivity index (χ1v) is 6.31. The second-order valence-corrected chi connectivity index (χ2v) is 5.31. The lowest BCUT2D eigenvalue weighted by molar-refractivity contribution is 0.439. The summed E-state index contributed by atoms with van der Waals surface area (Å²) >= 11 is 6.15. The van der Waals surface area contributed by atoms with Crippen molar-refractivity contribution < 1.29 is 0 Å². The molecule has 0 spiro atoms. The maximum atomic E-state index is 6.15. The number of aryl methyl sites for hydroxylation is 1. The first kappa shape index (κ1) is 13.5. The largest absolute Gasteiger partial charge is 0.311 e. The van der Waals surface area contributed by atoms with Crippen LogP contribution in [0.25, 0.3) is 0 Å². The Morgan fingerprint density at radius 2 is 1.75 bits per heavy atom. The molecule has 0 saturated heterocycles. The molecule has 0 aliphatic carbocycles. The molecule has 0 heterocycles. The normalized spacial score (nSPS) is 15.2. The Kier molecular flexibility index (Phi) is 4.82. The van der Waals surface area contributed by atoms with Crippen LogP contribution in [0.3, 0.4) is 0 Å². The standard InChI is InChI=1S/C14H22ClN/c1-9(2)16-12(5)11(4)13-7-6-10(3)14(15)8-13/h6-9,11-12,16H,1-5H3. The number of nitrogens with one attached hydrogen (secondary N) is 1. The molecule has 0 radical (unpaired) electrons. The van der Waals surface area contributed by atoms with Crippen molar-refractivity contribution in [2.75, 3.05) is 0 Å². The molecule has 0 aromatic heterocycles. The average Bonchev–Trinajstić information content (AvgIpc) is 2.20. The summed E-state index contributed by atoms with van der Waals surface area (Å²) < 4.78 is 0. The molecule has 0 aliphatic heterocycles. The summed E-state index contributed by atoms with van der Waals surface area (Å²) in [5, 5.41) is 4.39. The van der Waals surface area contributed by atoms with E-state index in [9.17, 15) is 0 Å². The lowest BCUT2D eigenvalue weighted by atomic mass is 9.93. The van der Waals surface area contributed by atoms with Gasteiger partial charge in [0.1, 0.15) is 0 Å². The topological polar surface area (TPSA) is 12.0 Å². The van der Waals surface area contributed by atoms with Crippen molar-refractivity contribution in [1.29, 1.82) is 0 Å². The quantitative estimate of drug-likeness (QED) is 0.833. The van der Waals surface area contributed by atoms with Gasteiger partial charge in [-0.3, -0.25) is 0 Å². The second kappa shape index (κ2) is 5.70. The number of hydrogen-bond donors (Lipinski definition) is 1. The molecule has 0 fully saturated rings. The molecule has 1 aromatic rings. The van der Waals surface area contributed by atoms with Gasteiger partial charge < -0.3 is 5.32 Å². The van der Waals surface area contributed by atoms with Gasteiger partial charge in [0.25, 0.3) is 0 Å². The van der Waals surface area contributed by atoms with Crippen molar-refractivity contribution in [2.45, 2.75) is 52.6 Å². The maximum Gasteiger partial charge on any atom is 0.0438 e. The van der Waals surface area contributed by atoms with Gasteiger partial charge in [-0.25, -0.2) is 0 Å². The molecule has 0 aliphatic rings. The smallest absolute Gasteiger partial charge is 0.0438 e. The van der Waals surface area contributed by atoms with Gasteiger partial charge in [-0.1, -0.05) is 44.5 Å². The van der Waals surface area contributed by atoms with Crippen molar-refractivity contribution in [2.24, 2.45) is 0 Å². The van der Waals surface area contributed by atoms with Crippen LogP contribution in [0.5, 0.6) is 0 Å². The monoisotopic (exact) mass is 239 g/mol. The molecule has 1 nitrogen and oxygen atoms in total. The minimum absolute atomic E-state index is 0.457. The summed E-state index contributed by atoms with van der Waals surface area (Å²) in [5.41, 5.74) is 2.44.